The maximum atomic E-state index is 10.6. The first kappa shape index (κ1) is 12.8. The van der Waals surface area contributed by atoms with Gasteiger partial charge in [0.15, 0.2) is 0 Å². The second-order valence-electron chi connectivity index (χ2n) is 4.20. The standard InChI is InChI=1S/C14H10N4O3/c19-18(20)11-4-6-13(7-5-11)21-14-3-1-2-12(10-14)17-9-8-15-16-17/h1-10H. The highest BCUT2D eigenvalue weighted by molar-refractivity contribution is 5.42. The molecular weight excluding hydrogens is 272 g/mol. The molecule has 0 aliphatic rings. The molecule has 0 unspecified atom stereocenters. The largest absolute Gasteiger partial charge is 0.457 e. The second-order valence-corrected chi connectivity index (χ2v) is 4.20. The van der Waals surface area contributed by atoms with Gasteiger partial charge in [-0.3, -0.25) is 10.1 Å². The van der Waals surface area contributed by atoms with Gasteiger partial charge in [-0.2, -0.15) is 0 Å². The van der Waals surface area contributed by atoms with Crippen LogP contribution >= 0.6 is 0 Å². The van der Waals surface area contributed by atoms with Gasteiger partial charge < -0.3 is 4.74 Å². The van der Waals surface area contributed by atoms with Crippen LogP contribution in [0.4, 0.5) is 5.69 Å². The molecule has 1 heterocycles. The summed E-state index contributed by atoms with van der Waals surface area (Å²) in [6.45, 7) is 0. The second kappa shape index (κ2) is 5.41. The predicted octanol–water partition coefficient (Wildman–Crippen LogP) is 2.97. The summed E-state index contributed by atoms with van der Waals surface area (Å²) >= 11 is 0. The quantitative estimate of drug-likeness (QED) is 0.542. The van der Waals surface area contributed by atoms with Crippen LogP contribution in [-0.2, 0) is 0 Å². The summed E-state index contributed by atoms with van der Waals surface area (Å²) in [4.78, 5) is 10.1. The summed E-state index contributed by atoms with van der Waals surface area (Å²) in [5.74, 6) is 1.13. The average molecular weight is 282 g/mol. The topological polar surface area (TPSA) is 83.1 Å². The van der Waals surface area contributed by atoms with Gasteiger partial charge in [0.05, 0.1) is 23.0 Å². The SMILES string of the molecule is O=[N+]([O-])c1ccc(Oc2cccc(-n3ccnn3)c2)cc1. The third kappa shape index (κ3) is 2.86. The van der Waals surface area contributed by atoms with Crippen molar-refractivity contribution in [3.63, 3.8) is 0 Å². The van der Waals surface area contributed by atoms with Crippen LogP contribution in [0.1, 0.15) is 0 Å². The Morgan fingerprint density at radius 1 is 1.10 bits per heavy atom. The summed E-state index contributed by atoms with van der Waals surface area (Å²) in [6.07, 6.45) is 3.31. The van der Waals surface area contributed by atoms with Crippen LogP contribution < -0.4 is 4.74 Å². The number of non-ortho nitro benzene ring substituents is 1. The van der Waals surface area contributed by atoms with E-state index in [9.17, 15) is 10.1 Å². The summed E-state index contributed by atoms with van der Waals surface area (Å²) in [6, 6.07) is 13.2. The van der Waals surface area contributed by atoms with E-state index in [0.29, 0.717) is 11.5 Å². The van der Waals surface area contributed by atoms with Crippen LogP contribution in [0.15, 0.2) is 60.9 Å². The molecule has 1 aromatic heterocycles. The first-order valence-electron chi connectivity index (χ1n) is 6.11. The molecule has 7 nitrogen and oxygen atoms in total. The highest BCUT2D eigenvalue weighted by Crippen LogP contribution is 2.25. The van der Waals surface area contributed by atoms with E-state index in [2.05, 4.69) is 10.3 Å². The summed E-state index contributed by atoms with van der Waals surface area (Å²) in [5.41, 5.74) is 0.839. The van der Waals surface area contributed by atoms with Crippen molar-refractivity contribution in [2.24, 2.45) is 0 Å². The molecule has 0 N–H and O–H groups in total. The van der Waals surface area contributed by atoms with E-state index in [1.54, 1.807) is 41.3 Å². The molecule has 0 aliphatic heterocycles. The number of nitro benzene ring substituents is 1. The molecule has 21 heavy (non-hydrogen) atoms. The van der Waals surface area contributed by atoms with Crippen LogP contribution in [0.5, 0.6) is 11.5 Å². The van der Waals surface area contributed by atoms with Crippen LogP contribution in [0.2, 0.25) is 0 Å². The lowest BCUT2D eigenvalue weighted by atomic mass is 10.3. The number of rotatable bonds is 4. The van der Waals surface area contributed by atoms with Gasteiger partial charge in [-0.05, 0) is 24.3 Å². The molecule has 3 aromatic rings. The first-order chi connectivity index (χ1) is 10.2. The Morgan fingerprint density at radius 2 is 1.90 bits per heavy atom. The zero-order valence-electron chi connectivity index (χ0n) is 10.8. The van der Waals surface area contributed by atoms with Crippen molar-refractivity contribution >= 4 is 5.69 Å². The fourth-order valence-corrected chi connectivity index (χ4v) is 1.81. The molecule has 0 aliphatic carbocycles. The highest BCUT2D eigenvalue weighted by Gasteiger charge is 2.06. The number of hydrogen-bond donors (Lipinski definition) is 0. The fraction of sp³-hybridized carbons (Fsp3) is 0. The zero-order valence-corrected chi connectivity index (χ0v) is 10.8. The molecule has 0 saturated carbocycles. The number of ether oxygens (including phenoxy) is 1. The lowest BCUT2D eigenvalue weighted by Crippen LogP contribution is -1.95. The number of aromatic nitrogens is 3. The maximum Gasteiger partial charge on any atom is 0.269 e. The smallest absolute Gasteiger partial charge is 0.269 e. The molecule has 7 heteroatoms. The number of benzene rings is 2. The van der Waals surface area contributed by atoms with E-state index in [4.69, 9.17) is 4.74 Å². The Labute approximate surface area is 119 Å². The number of hydrogen-bond acceptors (Lipinski definition) is 5. The van der Waals surface area contributed by atoms with Gasteiger partial charge in [0.25, 0.3) is 5.69 Å². The molecule has 0 atom stereocenters. The Morgan fingerprint density at radius 3 is 2.57 bits per heavy atom. The van der Waals surface area contributed by atoms with Crippen molar-refractivity contribution in [1.82, 2.24) is 15.0 Å². The monoisotopic (exact) mass is 282 g/mol. The summed E-state index contributed by atoms with van der Waals surface area (Å²) < 4.78 is 7.28. The molecule has 0 saturated heterocycles. The first-order valence-corrected chi connectivity index (χ1v) is 6.11. The van der Waals surface area contributed by atoms with E-state index in [0.717, 1.165) is 5.69 Å². The lowest BCUT2D eigenvalue weighted by molar-refractivity contribution is -0.384. The molecule has 104 valence electrons. The Kier molecular flexibility index (Phi) is 3.30. The Balaban J connectivity index is 1.81. The predicted molar refractivity (Wildman–Crippen MR) is 74.5 cm³/mol. The molecule has 0 radical (unpaired) electrons. The molecule has 2 aromatic carbocycles. The minimum absolute atomic E-state index is 0.0266. The summed E-state index contributed by atoms with van der Waals surface area (Å²) in [7, 11) is 0. The van der Waals surface area contributed by atoms with Crippen molar-refractivity contribution in [2.45, 2.75) is 0 Å². The third-order valence-corrected chi connectivity index (χ3v) is 2.79. The van der Waals surface area contributed by atoms with Gasteiger partial charge in [0.1, 0.15) is 11.5 Å². The van der Waals surface area contributed by atoms with Gasteiger partial charge >= 0.3 is 0 Å². The molecule has 0 bridgehead atoms. The number of nitrogens with zero attached hydrogens (tertiary/aromatic N) is 4. The van der Waals surface area contributed by atoms with Gasteiger partial charge in [-0.15, -0.1) is 5.10 Å². The molecular formula is C14H10N4O3. The van der Waals surface area contributed by atoms with Gasteiger partial charge in [-0.25, -0.2) is 4.68 Å². The van der Waals surface area contributed by atoms with Gasteiger partial charge in [0.2, 0.25) is 0 Å². The van der Waals surface area contributed by atoms with E-state index >= 15 is 0 Å². The van der Waals surface area contributed by atoms with Crippen LogP contribution in [-0.4, -0.2) is 19.9 Å². The normalized spacial score (nSPS) is 10.3. The molecule has 0 amide bonds. The fourth-order valence-electron chi connectivity index (χ4n) is 1.81. The minimum atomic E-state index is -0.449. The van der Waals surface area contributed by atoms with E-state index in [-0.39, 0.29) is 5.69 Å². The molecule has 3 rings (SSSR count). The highest BCUT2D eigenvalue weighted by atomic mass is 16.6. The molecule has 0 spiro atoms. The minimum Gasteiger partial charge on any atom is -0.457 e. The summed E-state index contributed by atoms with van der Waals surface area (Å²) in [5, 5.41) is 18.2. The van der Waals surface area contributed by atoms with Crippen molar-refractivity contribution in [3.8, 4) is 17.2 Å². The van der Waals surface area contributed by atoms with E-state index in [1.807, 2.05) is 12.1 Å². The van der Waals surface area contributed by atoms with E-state index < -0.39 is 4.92 Å². The van der Waals surface area contributed by atoms with Gasteiger partial charge in [0, 0.05) is 18.2 Å². The lowest BCUT2D eigenvalue weighted by Gasteiger charge is -2.07. The van der Waals surface area contributed by atoms with Crippen LogP contribution in [0.25, 0.3) is 5.69 Å². The third-order valence-electron chi connectivity index (χ3n) is 2.79. The van der Waals surface area contributed by atoms with Gasteiger partial charge in [-0.1, -0.05) is 11.3 Å². The van der Waals surface area contributed by atoms with Crippen molar-refractivity contribution in [2.75, 3.05) is 0 Å². The number of nitro groups is 1. The Hall–Kier alpha value is -3.22. The van der Waals surface area contributed by atoms with E-state index in [1.165, 1.54) is 12.1 Å². The zero-order chi connectivity index (χ0) is 14.7. The molecule has 0 fully saturated rings. The van der Waals surface area contributed by atoms with Crippen molar-refractivity contribution in [1.29, 1.82) is 0 Å². The van der Waals surface area contributed by atoms with Crippen molar-refractivity contribution in [3.05, 3.63) is 71.0 Å². The van der Waals surface area contributed by atoms with Crippen LogP contribution in [0.3, 0.4) is 0 Å². The average Bonchev–Trinajstić information content (AvgIpc) is 3.02. The van der Waals surface area contributed by atoms with Crippen molar-refractivity contribution < 1.29 is 9.66 Å². The Bertz CT molecular complexity index is 754. The maximum absolute atomic E-state index is 10.6. The van der Waals surface area contributed by atoms with Crippen LogP contribution in [0, 0.1) is 10.1 Å².